The Kier molecular flexibility index (Phi) is 5.40. The zero-order valence-corrected chi connectivity index (χ0v) is 15.5. The molecule has 0 atom stereocenters. The van der Waals surface area contributed by atoms with Crippen LogP contribution in [0.15, 0.2) is 41.9 Å². The van der Waals surface area contributed by atoms with E-state index in [-0.39, 0.29) is 5.91 Å². The fourth-order valence-electron chi connectivity index (χ4n) is 2.25. The predicted molar refractivity (Wildman–Crippen MR) is 101 cm³/mol. The van der Waals surface area contributed by atoms with Crippen LogP contribution < -0.4 is 10.1 Å². The molecule has 1 aromatic carbocycles. The summed E-state index contributed by atoms with van der Waals surface area (Å²) in [5, 5.41) is 9.83. The van der Waals surface area contributed by atoms with Crippen molar-refractivity contribution in [1.82, 2.24) is 9.78 Å². The molecule has 0 fully saturated rings. The first-order chi connectivity index (χ1) is 12.0. The highest BCUT2D eigenvalue weighted by molar-refractivity contribution is 7.12. The lowest BCUT2D eigenvalue weighted by Crippen LogP contribution is -2.10. The van der Waals surface area contributed by atoms with Crippen LogP contribution in [0.2, 0.25) is 5.02 Å². The topological polar surface area (TPSA) is 56.2 Å². The van der Waals surface area contributed by atoms with Crippen molar-refractivity contribution >= 4 is 34.5 Å². The van der Waals surface area contributed by atoms with Gasteiger partial charge in [0.05, 0.1) is 16.3 Å². The highest BCUT2D eigenvalue weighted by atomic mass is 35.5. The zero-order valence-electron chi connectivity index (χ0n) is 14.0. The largest absolute Gasteiger partial charge is 0.489 e. The molecule has 130 valence electrons. The summed E-state index contributed by atoms with van der Waals surface area (Å²) >= 11 is 7.24. The smallest absolute Gasteiger partial charge is 0.265 e. The van der Waals surface area contributed by atoms with Crippen molar-refractivity contribution in [2.45, 2.75) is 27.0 Å². The van der Waals surface area contributed by atoms with Gasteiger partial charge in [-0.2, -0.15) is 5.10 Å². The summed E-state index contributed by atoms with van der Waals surface area (Å²) in [5.41, 5.74) is 2.49. The van der Waals surface area contributed by atoms with Crippen molar-refractivity contribution in [2.75, 3.05) is 5.32 Å². The third-order valence-electron chi connectivity index (χ3n) is 3.62. The second kappa shape index (κ2) is 7.72. The Morgan fingerprint density at radius 2 is 2.12 bits per heavy atom. The minimum absolute atomic E-state index is 0.138. The van der Waals surface area contributed by atoms with Gasteiger partial charge in [0.1, 0.15) is 12.4 Å². The van der Waals surface area contributed by atoms with Gasteiger partial charge in [-0.3, -0.25) is 9.48 Å². The fraction of sp³-hybridized carbons (Fsp3) is 0.222. The Balaban J connectivity index is 1.61. The average molecular weight is 376 g/mol. The van der Waals surface area contributed by atoms with Gasteiger partial charge in [0.25, 0.3) is 5.91 Å². The molecule has 0 saturated heterocycles. The first kappa shape index (κ1) is 17.5. The quantitative estimate of drug-likeness (QED) is 0.675. The first-order valence-electron chi connectivity index (χ1n) is 7.86. The number of anilines is 1. The van der Waals surface area contributed by atoms with E-state index in [4.69, 9.17) is 16.3 Å². The van der Waals surface area contributed by atoms with E-state index in [1.165, 1.54) is 11.3 Å². The van der Waals surface area contributed by atoms with Crippen LogP contribution in [0.5, 0.6) is 5.75 Å². The molecule has 0 radical (unpaired) electrons. The van der Waals surface area contributed by atoms with Crippen LogP contribution in [-0.4, -0.2) is 15.7 Å². The molecular weight excluding hydrogens is 358 g/mol. The molecule has 2 aromatic heterocycles. The highest BCUT2D eigenvalue weighted by Gasteiger charge is 2.13. The van der Waals surface area contributed by atoms with Crippen LogP contribution in [-0.2, 0) is 13.2 Å². The second-order valence-corrected chi connectivity index (χ2v) is 6.85. The van der Waals surface area contributed by atoms with E-state index in [2.05, 4.69) is 10.4 Å². The lowest BCUT2D eigenvalue weighted by atomic mass is 10.3. The van der Waals surface area contributed by atoms with Gasteiger partial charge in [-0.05, 0) is 49.6 Å². The molecule has 5 nitrogen and oxygen atoms in total. The van der Waals surface area contributed by atoms with Crippen molar-refractivity contribution in [2.24, 2.45) is 0 Å². The summed E-state index contributed by atoms with van der Waals surface area (Å²) in [6, 6.07) is 9.03. The molecule has 0 unspecified atom stereocenters. The Labute approximate surface area is 155 Å². The molecule has 3 rings (SSSR count). The molecule has 0 bridgehead atoms. The van der Waals surface area contributed by atoms with E-state index in [0.29, 0.717) is 16.5 Å². The summed E-state index contributed by atoms with van der Waals surface area (Å²) in [7, 11) is 0. The summed E-state index contributed by atoms with van der Waals surface area (Å²) < 4.78 is 7.49. The molecule has 0 spiro atoms. The summed E-state index contributed by atoms with van der Waals surface area (Å²) in [5.74, 6) is 0.603. The molecule has 25 heavy (non-hydrogen) atoms. The number of aromatic nitrogens is 2. The van der Waals surface area contributed by atoms with E-state index in [9.17, 15) is 4.79 Å². The van der Waals surface area contributed by atoms with E-state index < -0.39 is 0 Å². The molecule has 1 N–H and O–H groups in total. The molecule has 1 amide bonds. The Morgan fingerprint density at radius 3 is 2.80 bits per heavy atom. The molecule has 7 heteroatoms. The number of hydrogen-bond acceptors (Lipinski definition) is 4. The minimum atomic E-state index is -0.138. The molecule has 0 aliphatic carbocycles. The van der Waals surface area contributed by atoms with Gasteiger partial charge in [-0.25, -0.2) is 0 Å². The number of thiophene rings is 1. The third kappa shape index (κ3) is 4.41. The van der Waals surface area contributed by atoms with Crippen LogP contribution >= 0.6 is 22.9 Å². The normalized spacial score (nSPS) is 10.7. The number of ether oxygens (including phenoxy) is 1. The standard InChI is InChI=1S/C18H18ClN3O2S/c1-3-22-9-16(12(2)21-22)20-18(23)17-8-13(11-25-17)10-24-15-6-4-14(19)5-7-15/h4-9,11H,3,10H2,1-2H3,(H,20,23). The zero-order chi connectivity index (χ0) is 17.8. The molecule has 2 heterocycles. The molecule has 0 aliphatic heterocycles. The molecule has 0 aliphatic rings. The van der Waals surface area contributed by atoms with Crippen LogP contribution in [0.25, 0.3) is 0 Å². The summed E-state index contributed by atoms with van der Waals surface area (Å²) in [6.45, 7) is 5.05. The van der Waals surface area contributed by atoms with Crippen molar-refractivity contribution in [3.63, 3.8) is 0 Å². The van der Waals surface area contributed by atoms with E-state index in [1.807, 2.05) is 43.6 Å². The van der Waals surface area contributed by atoms with Crippen LogP contribution in [0.3, 0.4) is 0 Å². The van der Waals surface area contributed by atoms with Crippen LogP contribution in [0.4, 0.5) is 5.69 Å². The predicted octanol–water partition coefficient (Wildman–Crippen LogP) is 4.76. The number of carbonyl (C=O) groups is 1. The Hall–Kier alpha value is -2.31. The third-order valence-corrected chi connectivity index (χ3v) is 4.84. The molecule has 3 aromatic rings. The van der Waals surface area contributed by atoms with Gasteiger partial charge in [0.15, 0.2) is 0 Å². The van der Waals surface area contributed by atoms with Gasteiger partial charge < -0.3 is 10.1 Å². The first-order valence-corrected chi connectivity index (χ1v) is 9.12. The Morgan fingerprint density at radius 1 is 1.36 bits per heavy atom. The number of hydrogen-bond donors (Lipinski definition) is 1. The lowest BCUT2D eigenvalue weighted by Gasteiger charge is -2.04. The summed E-state index contributed by atoms with van der Waals surface area (Å²) in [6.07, 6.45) is 1.84. The van der Waals surface area contributed by atoms with E-state index >= 15 is 0 Å². The highest BCUT2D eigenvalue weighted by Crippen LogP contribution is 2.21. The van der Waals surface area contributed by atoms with Crippen LogP contribution in [0.1, 0.15) is 27.9 Å². The van der Waals surface area contributed by atoms with Crippen molar-refractivity contribution in [1.29, 1.82) is 0 Å². The number of rotatable bonds is 6. The number of halogens is 1. The minimum Gasteiger partial charge on any atom is -0.489 e. The second-order valence-electron chi connectivity index (χ2n) is 5.50. The molecular formula is C18H18ClN3O2S. The monoisotopic (exact) mass is 375 g/mol. The number of carbonyl (C=O) groups excluding carboxylic acids is 1. The van der Waals surface area contributed by atoms with E-state index in [0.717, 1.165) is 29.2 Å². The maximum Gasteiger partial charge on any atom is 0.265 e. The number of amides is 1. The van der Waals surface area contributed by atoms with Gasteiger partial charge in [-0.15, -0.1) is 11.3 Å². The fourth-order valence-corrected chi connectivity index (χ4v) is 3.17. The maximum atomic E-state index is 12.4. The number of nitrogens with zero attached hydrogens (tertiary/aromatic N) is 2. The average Bonchev–Trinajstić information content (AvgIpc) is 3.21. The van der Waals surface area contributed by atoms with Gasteiger partial charge in [0, 0.05) is 23.3 Å². The molecule has 0 saturated carbocycles. The van der Waals surface area contributed by atoms with Gasteiger partial charge in [-0.1, -0.05) is 11.6 Å². The number of nitrogens with one attached hydrogen (secondary N) is 1. The van der Waals surface area contributed by atoms with Crippen molar-refractivity contribution in [3.05, 3.63) is 63.1 Å². The number of benzene rings is 1. The Bertz CT molecular complexity index is 871. The van der Waals surface area contributed by atoms with Crippen LogP contribution in [0, 0.1) is 6.92 Å². The van der Waals surface area contributed by atoms with Gasteiger partial charge >= 0.3 is 0 Å². The summed E-state index contributed by atoms with van der Waals surface area (Å²) in [4.78, 5) is 13.0. The maximum absolute atomic E-state index is 12.4. The lowest BCUT2D eigenvalue weighted by molar-refractivity contribution is 0.103. The van der Waals surface area contributed by atoms with Crippen molar-refractivity contribution < 1.29 is 9.53 Å². The van der Waals surface area contributed by atoms with E-state index in [1.54, 1.807) is 16.8 Å². The SMILES string of the molecule is CCn1cc(NC(=O)c2cc(COc3ccc(Cl)cc3)cs2)c(C)n1. The number of aryl methyl sites for hydroxylation is 2. The van der Waals surface area contributed by atoms with Crippen molar-refractivity contribution in [3.8, 4) is 5.75 Å². The van der Waals surface area contributed by atoms with Gasteiger partial charge in [0.2, 0.25) is 0 Å².